The standard InChI is InChI=1S/C52H34F3N4O.Ir/c53-42-17-13-39(14-18-42)48-22-10-33(30-57-48)4-6-35-24-36(7-5-34-11-23-49(58-31-34)40-15-19-43(54)20-16-40)26-37(25-35)8-12-41-32-59-50(28-47(41)55)46-3-1-2-45-44-21-9-38(29-56)27-51(44)60-52(45)46;/h1-2,9-11,13,15,17-28,30-32H,4-8,12H2;/q-3;+3/i6D2,7D2,8D2,9D,12D2,27D;. The van der Waals surface area contributed by atoms with Crippen LogP contribution in [-0.4, -0.2) is 15.0 Å². The van der Waals surface area contributed by atoms with E-state index in [9.17, 15) is 25.0 Å². The molecule has 9 aromatic rings. The van der Waals surface area contributed by atoms with Gasteiger partial charge in [0.25, 0.3) is 0 Å². The minimum absolute atomic E-state index is 0. The molecule has 298 valence electrons. The molecule has 0 spiro atoms. The van der Waals surface area contributed by atoms with Crippen LogP contribution in [-0.2, 0) is 58.4 Å². The predicted octanol–water partition coefficient (Wildman–Crippen LogP) is 11.8. The van der Waals surface area contributed by atoms with Crippen LogP contribution < -0.4 is 0 Å². The monoisotopic (exact) mass is 990 g/mol. The molecule has 0 saturated carbocycles. The summed E-state index contributed by atoms with van der Waals surface area (Å²) in [7, 11) is 0. The van der Waals surface area contributed by atoms with Gasteiger partial charge < -0.3 is 19.4 Å². The fraction of sp³-hybridized carbons (Fsp3) is 0.115. The van der Waals surface area contributed by atoms with Gasteiger partial charge in [-0.25, -0.2) is 4.39 Å². The largest absolute Gasteiger partial charge is 3.00 e. The summed E-state index contributed by atoms with van der Waals surface area (Å²) < 4.78 is 140. The van der Waals surface area contributed by atoms with Crippen molar-refractivity contribution in [2.75, 3.05) is 0 Å². The Kier molecular flexibility index (Phi) is 9.08. The molecule has 4 aromatic heterocycles. The molecule has 5 nitrogen and oxygen atoms in total. The maximum Gasteiger partial charge on any atom is 3.00 e. The Balaban J connectivity index is 0.00000676. The minimum Gasteiger partial charge on any atom is -0.501 e. The summed E-state index contributed by atoms with van der Waals surface area (Å²) >= 11 is 0. The van der Waals surface area contributed by atoms with Crippen LogP contribution >= 0.6 is 0 Å². The molecule has 0 amide bonds. The molecule has 9 rings (SSSR count). The van der Waals surface area contributed by atoms with Crippen molar-refractivity contribution in [2.24, 2.45) is 0 Å². The zero-order valence-corrected chi connectivity index (χ0v) is 34.0. The van der Waals surface area contributed by atoms with E-state index in [0.717, 1.165) is 36.5 Å². The molecule has 0 aliphatic rings. The topological polar surface area (TPSA) is 75.6 Å². The van der Waals surface area contributed by atoms with Gasteiger partial charge in [-0.15, -0.1) is 77.9 Å². The van der Waals surface area contributed by atoms with E-state index in [-0.39, 0.29) is 84.1 Å². The summed E-state index contributed by atoms with van der Waals surface area (Å²) in [6, 6.07) is 32.8. The van der Waals surface area contributed by atoms with E-state index in [0.29, 0.717) is 44.4 Å². The van der Waals surface area contributed by atoms with Gasteiger partial charge in [0.05, 0.1) is 20.0 Å². The molecule has 61 heavy (non-hydrogen) atoms. The molecule has 0 radical (unpaired) electrons. The number of nitrogens with zero attached hydrogens (tertiary/aromatic N) is 4. The first-order valence-corrected chi connectivity index (χ1v) is 18.5. The molecule has 0 unspecified atom stereocenters. The summed E-state index contributed by atoms with van der Waals surface area (Å²) in [6.45, 7) is 0. The summed E-state index contributed by atoms with van der Waals surface area (Å²) in [6.07, 6.45) is -8.15. The van der Waals surface area contributed by atoms with Crippen molar-refractivity contribution in [3.63, 3.8) is 0 Å². The van der Waals surface area contributed by atoms with E-state index in [2.05, 4.69) is 33.2 Å². The molecule has 0 aliphatic heterocycles. The van der Waals surface area contributed by atoms with Crippen molar-refractivity contribution < 1.29 is 51.4 Å². The maximum atomic E-state index is 16.5. The number of pyridine rings is 3. The average Bonchev–Trinajstić information content (AvgIpc) is 3.71. The van der Waals surface area contributed by atoms with Crippen molar-refractivity contribution >= 4 is 21.9 Å². The van der Waals surface area contributed by atoms with E-state index in [4.69, 9.17) is 7.16 Å². The smallest absolute Gasteiger partial charge is 0.501 e. The summed E-state index contributed by atoms with van der Waals surface area (Å²) in [5, 5.41) is 10.3. The first-order valence-electron chi connectivity index (χ1n) is 23.5. The van der Waals surface area contributed by atoms with E-state index in [1.807, 2.05) is 6.07 Å². The van der Waals surface area contributed by atoms with E-state index in [1.54, 1.807) is 30.3 Å². The predicted molar refractivity (Wildman–Crippen MR) is 226 cm³/mol. The quantitative estimate of drug-likeness (QED) is 0.114. The minimum atomic E-state index is -3.24. The van der Waals surface area contributed by atoms with E-state index < -0.39 is 54.1 Å². The Morgan fingerprint density at radius 2 is 1.25 bits per heavy atom. The molecule has 0 bridgehead atoms. The molecule has 4 heterocycles. The van der Waals surface area contributed by atoms with Gasteiger partial charge in [-0.3, -0.25) is 8.78 Å². The molecular weight excluding hydrogens is 946 g/mol. The number of rotatable bonds is 12. The van der Waals surface area contributed by atoms with Crippen molar-refractivity contribution in [3.05, 3.63) is 208 Å². The summed E-state index contributed by atoms with van der Waals surface area (Å²) in [5.41, 5.74) is 0.843. The molecule has 0 fully saturated rings. The second-order valence-corrected chi connectivity index (χ2v) is 13.6. The second-order valence-electron chi connectivity index (χ2n) is 13.6. The Morgan fingerprint density at radius 1 is 0.639 bits per heavy atom. The number of halogens is 3. The first-order chi connectivity index (χ1) is 33.2. The zero-order chi connectivity index (χ0) is 49.9. The Bertz CT molecular complexity index is 3400. The SMILES string of the molecule is [2H]c1cc2c(oc3c(-c4cc(F)c(C([2H])([2H])C([2H])([2H])c5cc(C([2H])([2H])Cc6ccc(-c7[c-]cc(F)cc7)nc6)cc(C([2H])([2H])Cc6ccc(-c7[c-]cc(F)cc7)nc6)c5)cn4)[c-]ccc32)c([2H])c1C#N.[Ir+3]. The molecule has 0 aliphatic carbocycles. The Labute approximate surface area is 379 Å². The first kappa shape index (κ1) is 30.3. The fourth-order valence-corrected chi connectivity index (χ4v) is 6.48. The Hall–Kier alpha value is -6.72. The molecule has 0 saturated heterocycles. The van der Waals surface area contributed by atoms with Gasteiger partial charge in [0.15, 0.2) is 0 Å². The molecular formula is C52H34F3IrN4O. The van der Waals surface area contributed by atoms with Gasteiger partial charge in [-0.1, -0.05) is 59.5 Å². The van der Waals surface area contributed by atoms with E-state index >= 15 is 4.39 Å². The second kappa shape index (κ2) is 18.3. The third-order valence-electron chi connectivity index (χ3n) is 9.53. The van der Waals surface area contributed by atoms with Crippen LogP contribution in [0.4, 0.5) is 13.2 Å². The number of nitriles is 1. The van der Waals surface area contributed by atoms with Crippen molar-refractivity contribution in [1.29, 1.82) is 5.26 Å². The van der Waals surface area contributed by atoms with E-state index in [1.165, 1.54) is 54.9 Å². The number of fused-ring (bicyclic) bond motifs is 3. The fourth-order valence-electron chi connectivity index (χ4n) is 6.48. The van der Waals surface area contributed by atoms with Gasteiger partial charge in [-0.05, 0) is 101 Å². The normalized spacial score (nSPS) is 14.5. The van der Waals surface area contributed by atoms with Crippen LogP contribution in [0.5, 0.6) is 0 Å². The van der Waals surface area contributed by atoms with Crippen molar-refractivity contribution in [3.8, 4) is 39.8 Å². The van der Waals surface area contributed by atoms with Crippen molar-refractivity contribution in [1.82, 2.24) is 15.0 Å². The Morgan fingerprint density at radius 3 is 1.79 bits per heavy atom. The van der Waals surface area contributed by atoms with Crippen LogP contribution in [0.1, 0.15) is 52.7 Å². The summed E-state index contributed by atoms with van der Waals surface area (Å²) in [5.74, 6) is -2.18. The molecule has 9 heteroatoms. The van der Waals surface area contributed by atoms with Crippen LogP contribution in [0.25, 0.3) is 55.7 Å². The van der Waals surface area contributed by atoms with Crippen LogP contribution in [0, 0.1) is 47.0 Å². The van der Waals surface area contributed by atoms with Crippen LogP contribution in [0.15, 0.2) is 138 Å². The molecule has 0 N–H and O–H groups in total. The van der Waals surface area contributed by atoms with Crippen molar-refractivity contribution in [2.45, 2.75) is 38.3 Å². The molecule has 0 atom stereocenters. The van der Waals surface area contributed by atoms with Gasteiger partial charge in [-0.2, -0.15) is 5.26 Å². The average molecular weight is 990 g/mol. The maximum absolute atomic E-state index is 16.5. The van der Waals surface area contributed by atoms with Gasteiger partial charge >= 0.3 is 20.1 Å². The van der Waals surface area contributed by atoms with Crippen LogP contribution in [0.2, 0.25) is 0 Å². The number of benzene rings is 5. The number of furan rings is 1. The van der Waals surface area contributed by atoms with Gasteiger partial charge in [0.1, 0.15) is 11.4 Å². The third-order valence-corrected chi connectivity index (χ3v) is 9.53. The zero-order valence-electron chi connectivity index (χ0n) is 41.6. The summed E-state index contributed by atoms with van der Waals surface area (Å²) in [4.78, 5) is 13.1. The van der Waals surface area contributed by atoms with Gasteiger partial charge in [0.2, 0.25) is 0 Å². The van der Waals surface area contributed by atoms with Crippen LogP contribution in [0.3, 0.4) is 0 Å². The number of aryl methyl sites for hydroxylation is 6. The number of aromatic nitrogens is 3. The van der Waals surface area contributed by atoms with Gasteiger partial charge in [0, 0.05) is 52.1 Å². The third kappa shape index (κ3) is 9.37. The number of hydrogen-bond acceptors (Lipinski definition) is 5. The molecule has 5 aromatic carbocycles. The number of hydrogen-bond donors (Lipinski definition) is 0.